The first-order chi connectivity index (χ1) is 11.4. The third-order valence-electron chi connectivity index (χ3n) is 4.81. The number of benzene rings is 1. The van der Waals surface area contributed by atoms with Crippen molar-refractivity contribution in [3.63, 3.8) is 0 Å². The van der Waals surface area contributed by atoms with Crippen LogP contribution in [0.15, 0.2) is 12.1 Å². The number of morpholine rings is 1. The average molecular weight is 340 g/mol. The molecular formula is C18H26F2N2O2. The first-order valence-corrected chi connectivity index (χ1v) is 8.66. The molecular weight excluding hydrogens is 314 g/mol. The molecule has 24 heavy (non-hydrogen) atoms. The number of aliphatic hydroxyl groups is 1. The molecule has 1 N–H and O–H groups in total. The Morgan fingerprint density at radius 2 is 1.67 bits per heavy atom. The lowest BCUT2D eigenvalue weighted by Gasteiger charge is -2.37. The minimum absolute atomic E-state index is 0.167. The van der Waals surface area contributed by atoms with Crippen molar-refractivity contribution in [1.82, 2.24) is 9.80 Å². The summed E-state index contributed by atoms with van der Waals surface area (Å²) in [4.78, 5) is 4.21. The SMILES string of the molecule is CC1CN(CC(O)CN2CCc3c(F)ccc(F)c3C2)CC(C)O1. The van der Waals surface area contributed by atoms with Crippen LogP contribution in [0.3, 0.4) is 0 Å². The maximum atomic E-state index is 13.9. The first-order valence-electron chi connectivity index (χ1n) is 8.66. The molecule has 3 rings (SSSR count). The molecule has 1 aromatic rings. The molecule has 0 amide bonds. The Bertz CT molecular complexity index is 574. The van der Waals surface area contributed by atoms with Crippen molar-refractivity contribution in [2.75, 3.05) is 32.7 Å². The third kappa shape index (κ3) is 4.11. The molecule has 0 saturated carbocycles. The van der Waals surface area contributed by atoms with Crippen LogP contribution in [-0.4, -0.2) is 65.9 Å². The summed E-state index contributed by atoms with van der Waals surface area (Å²) in [6, 6.07) is 2.38. The van der Waals surface area contributed by atoms with Crippen LogP contribution in [0.5, 0.6) is 0 Å². The highest BCUT2D eigenvalue weighted by atomic mass is 19.1. The van der Waals surface area contributed by atoms with Crippen LogP contribution in [0, 0.1) is 11.6 Å². The molecule has 0 aromatic heterocycles. The molecule has 2 heterocycles. The molecule has 0 bridgehead atoms. The van der Waals surface area contributed by atoms with Crippen molar-refractivity contribution in [1.29, 1.82) is 0 Å². The Balaban J connectivity index is 1.56. The van der Waals surface area contributed by atoms with Crippen molar-refractivity contribution in [3.8, 4) is 0 Å². The summed E-state index contributed by atoms with van der Waals surface area (Å²) in [5, 5.41) is 10.4. The number of nitrogens with zero attached hydrogens (tertiary/aromatic N) is 2. The Hall–Kier alpha value is -1.08. The summed E-state index contributed by atoms with van der Waals surface area (Å²) < 4.78 is 33.4. The van der Waals surface area contributed by atoms with Gasteiger partial charge in [-0.1, -0.05) is 0 Å². The van der Waals surface area contributed by atoms with Crippen LogP contribution < -0.4 is 0 Å². The number of β-amino-alcohol motifs (C(OH)–C–C–N with tert-alkyl or cyclic N) is 1. The van der Waals surface area contributed by atoms with Crippen molar-refractivity contribution in [2.45, 2.75) is 45.1 Å². The maximum absolute atomic E-state index is 13.9. The van der Waals surface area contributed by atoms with Gasteiger partial charge in [-0.15, -0.1) is 0 Å². The molecule has 0 aliphatic carbocycles. The molecule has 2 aliphatic heterocycles. The van der Waals surface area contributed by atoms with Crippen molar-refractivity contribution in [3.05, 3.63) is 34.9 Å². The molecule has 1 saturated heterocycles. The number of rotatable bonds is 4. The van der Waals surface area contributed by atoms with Crippen LogP contribution in [-0.2, 0) is 17.7 Å². The normalized spacial score (nSPS) is 27.0. The molecule has 2 aliphatic rings. The van der Waals surface area contributed by atoms with Crippen molar-refractivity contribution in [2.24, 2.45) is 0 Å². The Kier molecular flexibility index (Phi) is 5.49. The molecule has 3 atom stereocenters. The second-order valence-electron chi connectivity index (χ2n) is 7.10. The lowest BCUT2D eigenvalue weighted by atomic mass is 9.98. The topological polar surface area (TPSA) is 35.9 Å². The highest BCUT2D eigenvalue weighted by molar-refractivity contribution is 5.32. The smallest absolute Gasteiger partial charge is 0.128 e. The summed E-state index contributed by atoms with van der Waals surface area (Å²) in [5.74, 6) is -0.690. The number of ether oxygens (including phenoxy) is 1. The molecule has 3 unspecified atom stereocenters. The largest absolute Gasteiger partial charge is 0.390 e. The van der Waals surface area contributed by atoms with E-state index in [0.29, 0.717) is 43.7 Å². The monoisotopic (exact) mass is 340 g/mol. The van der Waals surface area contributed by atoms with Crippen LogP contribution in [0.2, 0.25) is 0 Å². The van der Waals surface area contributed by atoms with E-state index in [1.165, 1.54) is 12.1 Å². The van der Waals surface area contributed by atoms with Gasteiger partial charge in [-0.25, -0.2) is 8.78 Å². The van der Waals surface area contributed by atoms with E-state index in [9.17, 15) is 13.9 Å². The van der Waals surface area contributed by atoms with E-state index in [2.05, 4.69) is 4.90 Å². The van der Waals surface area contributed by atoms with E-state index < -0.39 is 6.10 Å². The van der Waals surface area contributed by atoms with E-state index in [-0.39, 0.29) is 23.8 Å². The van der Waals surface area contributed by atoms with E-state index in [4.69, 9.17) is 4.74 Å². The van der Waals surface area contributed by atoms with Gasteiger partial charge in [-0.3, -0.25) is 9.80 Å². The number of hydrogen-bond donors (Lipinski definition) is 1. The molecule has 1 fully saturated rings. The second-order valence-corrected chi connectivity index (χ2v) is 7.10. The van der Waals surface area contributed by atoms with Crippen LogP contribution in [0.4, 0.5) is 8.78 Å². The van der Waals surface area contributed by atoms with Gasteiger partial charge in [0.15, 0.2) is 0 Å². The predicted molar refractivity (Wildman–Crippen MR) is 87.8 cm³/mol. The van der Waals surface area contributed by atoms with Crippen LogP contribution >= 0.6 is 0 Å². The van der Waals surface area contributed by atoms with Gasteiger partial charge in [0.25, 0.3) is 0 Å². The van der Waals surface area contributed by atoms with E-state index >= 15 is 0 Å². The van der Waals surface area contributed by atoms with Crippen molar-refractivity contribution >= 4 is 0 Å². The van der Waals surface area contributed by atoms with Gasteiger partial charge >= 0.3 is 0 Å². The van der Waals surface area contributed by atoms with Gasteiger partial charge in [0.1, 0.15) is 11.6 Å². The minimum Gasteiger partial charge on any atom is -0.390 e. The quantitative estimate of drug-likeness (QED) is 0.907. The summed E-state index contributed by atoms with van der Waals surface area (Å²) in [6.07, 6.45) is 0.303. The highest BCUT2D eigenvalue weighted by Crippen LogP contribution is 2.24. The lowest BCUT2D eigenvalue weighted by Crippen LogP contribution is -2.50. The fraction of sp³-hybridized carbons (Fsp3) is 0.667. The van der Waals surface area contributed by atoms with Gasteiger partial charge in [0.05, 0.1) is 18.3 Å². The molecule has 4 nitrogen and oxygen atoms in total. The van der Waals surface area contributed by atoms with Crippen LogP contribution in [0.1, 0.15) is 25.0 Å². The summed E-state index contributed by atoms with van der Waals surface area (Å²) in [7, 11) is 0. The number of aliphatic hydroxyl groups excluding tert-OH is 1. The standard InChI is InChI=1S/C18H26F2N2O2/c1-12-7-22(8-13(2)24-12)10-14(23)9-21-6-5-15-16(11-21)18(20)4-3-17(15)19/h3-4,12-14,23H,5-11H2,1-2H3. The fourth-order valence-corrected chi connectivity index (χ4v) is 3.89. The zero-order valence-corrected chi connectivity index (χ0v) is 14.3. The van der Waals surface area contributed by atoms with Crippen LogP contribution in [0.25, 0.3) is 0 Å². The Morgan fingerprint density at radius 1 is 1.08 bits per heavy atom. The summed E-state index contributed by atoms with van der Waals surface area (Å²) >= 11 is 0. The molecule has 0 radical (unpaired) electrons. The fourth-order valence-electron chi connectivity index (χ4n) is 3.89. The molecule has 6 heteroatoms. The predicted octanol–water partition coefficient (Wildman–Crippen LogP) is 1.79. The molecule has 1 aromatic carbocycles. The zero-order chi connectivity index (χ0) is 17.3. The third-order valence-corrected chi connectivity index (χ3v) is 4.81. The summed E-state index contributed by atoms with van der Waals surface area (Å²) in [5.41, 5.74) is 0.915. The number of hydrogen-bond acceptors (Lipinski definition) is 4. The molecule has 134 valence electrons. The Morgan fingerprint density at radius 3 is 2.33 bits per heavy atom. The Labute approximate surface area is 142 Å². The van der Waals surface area contributed by atoms with Crippen molar-refractivity contribution < 1.29 is 18.6 Å². The van der Waals surface area contributed by atoms with Gasteiger partial charge in [-0.2, -0.15) is 0 Å². The molecule has 0 spiro atoms. The van der Waals surface area contributed by atoms with E-state index in [0.717, 1.165) is 13.1 Å². The van der Waals surface area contributed by atoms with Gasteiger partial charge in [0.2, 0.25) is 0 Å². The summed E-state index contributed by atoms with van der Waals surface area (Å²) in [6.45, 7) is 7.73. The average Bonchev–Trinajstić information content (AvgIpc) is 2.50. The zero-order valence-electron chi connectivity index (χ0n) is 14.3. The van der Waals surface area contributed by atoms with Gasteiger partial charge < -0.3 is 9.84 Å². The van der Waals surface area contributed by atoms with Gasteiger partial charge in [0, 0.05) is 44.8 Å². The number of fused-ring (bicyclic) bond motifs is 1. The lowest BCUT2D eigenvalue weighted by molar-refractivity contribution is -0.0782. The van der Waals surface area contributed by atoms with E-state index in [1.807, 2.05) is 18.7 Å². The highest BCUT2D eigenvalue weighted by Gasteiger charge is 2.27. The number of halogens is 2. The van der Waals surface area contributed by atoms with E-state index in [1.54, 1.807) is 0 Å². The maximum Gasteiger partial charge on any atom is 0.128 e. The first kappa shape index (κ1) is 17.7. The van der Waals surface area contributed by atoms with Gasteiger partial charge in [-0.05, 0) is 38.0 Å². The minimum atomic E-state index is -0.513. The second kappa shape index (κ2) is 7.44.